The Morgan fingerprint density at radius 2 is 1.81 bits per heavy atom. The molecule has 2 aromatic rings. The van der Waals surface area contributed by atoms with E-state index in [1.807, 2.05) is 36.4 Å². The Hall–Kier alpha value is -1.72. The van der Waals surface area contributed by atoms with Crippen molar-refractivity contribution in [3.63, 3.8) is 0 Å². The van der Waals surface area contributed by atoms with Gasteiger partial charge in [0.1, 0.15) is 23.9 Å². The Kier molecular flexibility index (Phi) is 5.90. The maximum atomic E-state index is 9.71. The molecule has 0 fully saturated rings. The number of nitrogens with one attached hydrogen (secondary N) is 1. The lowest BCUT2D eigenvalue weighted by atomic mass is 10.2. The largest absolute Gasteiger partial charge is 0.508 e. The smallest absolute Gasteiger partial charge is 0.120 e. The van der Waals surface area contributed by atoms with Crippen LogP contribution in [0.3, 0.4) is 0 Å². The fourth-order valence-corrected chi connectivity index (χ4v) is 2.24. The molecule has 0 saturated heterocycles. The van der Waals surface area contributed by atoms with E-state index in [9.17, 15) is 5.11 Å². The van der Waals surface area contributed by atoms with E-state index in [1.165, 1.54) is 0 Å². The normalized spacial score (nSPS) is 10.4. The summed E-state index contributed by atoms with van der Waals surface area (Å²) in [5.74, 6) is 1.91. The highest BCUT2D eigenvalue weighted by molar-refractivity contribution is 9.10. The van der Waals surface area contributed by atoms with Crippen LogP contribution in [0.5, 0.6) is 17.2 Å². The summed E-state index contributed by atoms with van der Waals surface area (Å²) in [5.41, 5.74) is 0.855. The summed E-state index contributed by atoms with van der Waals surface area (Å²) in [7, 11) is 1.64. The molecule has 0 heterocycles. The molecule has 4 nitrogen and oxygen atoms in total. The van der Waals surface area contributed by atoms with E-state index in [4.69, 9.17) is 9.47 Å². The summed E-state index contributed by atoms with van der Waals surface area (Å²) in [5, 5.41) is 12.9. The van der Waals surface area contributed by atoms with Crippen LogP contribution in [-0.2, 0) is 6.54 Å². The first-order valence-electron chi connectivity index (χ1n) is 6.64. The number of hydrogen-bond donors (Lipinski definition) is 2. The monoisotopic (exact) mass is 351 g/mol. The van der Waals surface area contributed by atoms with Gasteiger partial charge in [-0.25, -0.2) is 0 Å². The van der Waals surface area contributed by atoms with Crippen LogP contribution in [0, 0.1) is 0 Å². The molecule has 2 rings (SSSR count). The van der Waals surface area contributed by atoms with Crippen LogP contribution in [0.4, 0.5) is 0 Å². The highest BCUT2D eigenvalue weighted by Gasteiger charge is 2.01. The lowest BCUT2D eigenvalue weighted by Gasteiger charge is -2.09. The first-order chi connectivity index (χ1) is 10.2. The summed E-state index contributed by atoms with van der Waals surface area (Å²) < 4.78 is 11.6. The van der Waals surface area contributed by atoms with Crippen molar-refractivity contribution in [2.75, 3.05) is 20.3 Å². The molecular weight excluding hydrogens is 334 g/mol. The van der Waals surface area contributed by atoms with E-state index in [0.717, 1.165) is 21.5 Å². The first kappa shape index (κ1) is 15.7. The van der Waals surface area contributed by atoms with Gasteiger partial charge in [-0.05, 0) is 42.5 Å². The Balaban J connectivity index is 1.71. The Morgan fingerprint density at radius 3 is 2.52 bits per heavy atom. The van der Waals surface area contributed by atoms with Crippen LogP contribution in [0.15, 0.2) is 46.9 Å². The van der Waals surface area contributed by atoms with Gasteiger partial charge < -0.3 is 19.9 Å². The minimum absolute atomic E-state index is 0.293. The van der Waals surface area contributed by atoms with Gasteiger partial charge in [0.25, 0.3) is 0 Å². The van der Waals surface area contributed by atoms with Gasteiger partial charge in [0.15, 0.2) is 0 Å². The molecule has 112 valence electrons. The fraction of sp³-hybridized carbons (Fsp3) is 0.250. The van der Waals surface area contributed by atoms with Crippen molar-refractivity contribution in [2.24, 2.45) is 0 Å². The summed E-state index contributed by atoms with van der Waals surface area (Å²) in [6, 6.07) is 12.9. The van der Waals surface area contributed by atoms with E-state index >= 15 is 0 Å². The van der Waals surface area contributed by atoms with Crippen molar-refractivity contribution in [3.05, 3.63) is 52.5 Å². The maximum Gasteiger partial charge on any atom is 0.120 e. The summed E-state index contributed by atoms with van der Waals surface area (Å²) in [4.78, 5) is 0. The first-order valence-corrected chi connectivity index (χ1v) is 7.43. The molecule has 0 radical (unpaired) electrons. The van der Waals surface area contributed by atoms with Crippen molar-refractivity contribution in [1.29, 1.82) is 0 Å². The predicted molar refractivity (Wildman–Crippen MR) is 86.0 cm³/mol. The van der Waals surface area contributed by atoms with E-state index in [-0.39, 0.29) is 0 Å². The predicted octanol–water partition coefficient (Wildman–Crippen LogP) is 3.33. The van der Waals surface area contributed by atoms with Gasteiger partial charge in [-0.3, -0.25) is 0 Å². The quantitative estimate of drug-likeness (QED) is 0.751. The van der Waals surface area contributed by atoms with Crippen LogP contribution in [0.2, 0.25) is 0 Å². The lowest BCUT2D eigenvalue weighted by Crippen LogP contribution is -2.20. The Morgan fingerprint density at radius 1 is 1.10 bits per heavy atom. The third-order valence-electron chi connectivity index (χ3n) is 2.96. The average molecular weight is 352 g/mol. The number of phenols is 1. The summed E-state index contributed by atoms with van der Waals surface area (Å²) in [6.07, 6.45) is 0. The molecule has 2 aromatic carbocycles. The molecule has 0 bridgehead atoms. The molecule has 2 N–H and O–H groups in total. The maximum absolute atomic E-state index is 9.71. The van der Waals surface area contributed by atoms with Crippen molar-refractivity contribution < 1.29 is 14.6 Å². The second-order valence-electron chi connectivity index (χ2n) is 4.47. The zero-order chi connectivity index (χ0) is 15.1. The topological polar surface area (TPSA) is 50.7 Å². The van der Waals surface area contributed by atoms with E-state index < -0.39 is 0 Å². The van der Waals surface area contributed by atoms with Gasteiger partial charge in [0.2, 0.25) is 0 Å². The molecule has 21 heavy (non-hydrogen) atoms. The van der Waals surface area contributed by atoms with Gasteiger partial charge in [0, 0.05) is 23.1 Å². The minimum atomic E-state index is 0.293. The highest BCUT2D eigenvalue weighted by atomic mass is 79.9. The average Bonchev–Trinajstić information content (AvgIpc) is 2.51. The van der Waals surface area contributed by atoms with Crippen LogP contribution in [-0.4, -0.2) is 25.4 Å². The second kappa shape index (κ2) is 7.90. The molecule has 5 heteroatoms. The molecule has 0 spiro atoms. The number of hydrogen-bond acceptors (Lipinski definition) is 4. The van der Waals surface area contributed by atoms with Crippen LogP contribution < -0.4 is 14.8 Å². The summed E-state index contributed by atoms with van der Waals surface area (Å²) in [6.45, 7) is 1.84. The molecule has 0 aromatic heterocycles. The molecule has 0 amide bonds. The van der Waals surface area contributed by atoms with Crippen LogP contribution in [0.1, 0.15) is 5.56 Å². The standard InChI is InChI=1S/C16H18BrNO3/c1-20-14-3-5-15(6-4-14)21-9-8-18-11-12-10-13(17)2-7-16(12)19/h2-7,10,18-19H,8-9,11H2,1H3. The van der Waals surface area contributed by atoms with Gasteiger partial charge in [0.05, 0.1) is 7.11 Å². The molecule has 0 atom stereocenters. The lowest BCUT2D eigenvalue weighted by molar-refractivity contribution is 0.312. The Labute approximate surface area is 132 Å². The summed E-state index contributed by atoms with van der Waals surface area (Å²) >= 11 is 3.39. The van der Waals surface area contributed by atoms with Gasteiger partial charge >= 0.3 is 0 Å². The minimum Gasteiger partial charge on any atom is -0.508 e. The number of aromatic hydroxyl groups is 1. The zero-order valence-electron chi connectivity index (χ0n) is 11.8. The van der Waals surface area contributed by atoms with Gasteiger partial charge in [-0.15, -0.1) is 0 Å². The Bertz CT molecular complexity index is 572. The number of methoxy groups -OCH3 is 1. The van der Waals surface area contributed by atoms with Crippen molar-refractivity contribution >= 4 is 15.9 Å². The number of benzene rings is 2. The van der Waals surface area contributed by atoms with Crippen LogP contribution >= 0.6 is 15.9 Å². The van der Waals surface area contributed by atoms with E-state index in [2.05, 4.69) is 21.2 Å². The highest BCUT2D eigenvalue weighted by Crippen LogP contribution is 2.21. The van der Waals surface area contributed by atoms with Crippen molar-refractivity contribution in [1.82, 2.24) is 5.32 Å². The SMILES string of the molecule is COc1ccc(OCCNCc2cc(Br)ccc2O)cc1. The number of rotatable bonds is 7. The second-order valence-corrected chi connectivity index (χ2v) is 5.39. The van der Waals surface area contributed by atoms with Crippen LogP contribution in [0.25, 0.3) is 0 Å². The number of ether oxygens (including phenoxy) is 2. The fourth-order valence-electron chi connectivity index (χ4n) is 1.83. The molecule has 0 unspecified atom stereocenters. The van der Waals surface area contributed by atoms with Gasteiger partial charge in [-0.2, -0.15) is 0 Å². The molecule has 0 aliphatic carbocycles. The number of halogens is 1. The molecule has 0 saturated carbocycles. The van der Waals surface area contributed by atoms with Gasteiger partial charge in [-0.1, -0.05) is 15.9 Å². The third kappa shape index (κ3) is 4.95. The van der Waals surface area contributed by atoms with E-state index in [1.54, 1.807) is 13.2 Å². The molecule has 0 aliphatic heterocycles. The third-order valence-corrected chi connectivity index (χ3v) is 3.46. The molecular formula is C16H18BrNO3. The van der Waals surface area contributed by atoms with E-state index in [0.29, 0.717) is 25.4 Å². The van der Waals surface area contributed by atoms with Crippen molar-refractivity contribution in [2.45, 2.75) is 6.54 Å². The number of phenolic OH excluding ortho intramolecular Hbond substituents is 1. The van der Waals surface area contributed by atoms with Crippen molar-refractivity contribution in [3.8, 4) is 17.2 Å². The zero-order valence-corrected chi connectivity index (χ0v) is 13.4. The molecule has 0 aliphatic rings.